The Morgan fingerprint density at radius 1 is 1.05 bits per heavy atom. The van der Waals surface area contributed by atoms with E-state index in [9.17, 15) is 31.2 Å². The van der Waals surface area contributed by atoms with Crippen LogP contribution in [0.1, 0.15) is 17.5 Å². The minimum atomic E-state index is -4.49. The van der Waals surface area contributed by atoms with Gasteiger partial charge in [-0.15, -0.1) is 0 Å². The summed E-state index contributed by atoms with van der Waals surface area (Å²) < 4.78 is 66.1. The third-order valence-electron chi connectivity index (χ3n) is 5.58. The smallest absolute Gasteiger partial charge is 0.354 e. The van der Waals surface area contributed by atoms with Gasteiger partial charge >= 0.3 is 6.18 Å². The molecular weight excluding hydrogens is 511 g/mol. The second-order valence-corrected chi connectivity index (χ2v) is 10.3. The van der Waals surface area contributed by atoms with Crippen LogP contribution in [0.5, 0.6) is 0 Å². The van der Waals surface area contributed by atoms with Crippen molar-refractivity contribution < 1.29 is 26.4 Å². The number of aromatic nitrogens is 4. The van der Waals surface area contributed by atoms with Crippen LogP contribution in [0.2, 0.25) is 0 Å². The molecule has 0 unspecified atom stereocenters. The number of carbonyl (C=O) groups excluding carboxylic acids is 1. The van der Waals surface area contributed by atoms with Crippen LogP contribution in [-0.4, -0.2) is 46.0 Å². The Morgan fingerprint density at radius 3 is 2.54 bits per heavy atom. The summed E-state index contributed by atoms with van der Waals surface area (Å²) in [6.45, 7) is 0.194. The number of nitrogens with one attached hydrogen (secondary N) is 1. The Morgan fingerprint density at radius 2 is 1.81 bits per heavy atom. The van der Waals surface area contributed by atoms with E-state index in [1.165, 1.54) is 46.0 Å². The van der Waals surface area contributed by atoms with Crippen LogP contribution in [0.3, 0.4) is 0 Å². The molecule has 0 saturated heterocycles. The number of rotatable bonds is 9. The Hall–Kier alpha value is -4.00. The van der Waals surface area contributed by atoms with Crippen LogP contribution >= 0.6 is 0 Å². The number of benzene rings is 2. The van der Waals surface area contributed by atoms with Gasteiger partial charge in [0.2, 0.25) is 5.91 Å². The molecular formula is C24H22F3N5O4S. The Kier molecular flexibility index (Phi) is 7.43. The molecule has 0 fully saturated rings. The topological polar surface area (TPSA) is 116 Å². The van der Waals surface area contributed by atoms with Crippen molar-refractivity contribution in [3.63, 3.8) is 0 Å². The summed E-state index contributed by atoms with van der Waals surface area (Å²) in [6, 6.07) is 12.6. The fourth-order valence-electron chi connectivity index (χ4n) is 3.68. The van der Waals surface area contributed by atoms with Crippen LogP contribution in [0.15, 0.2) is 76.8 Å². The van der Waals surface area contributed by atoms with Crippen molar-refractivity contribution >= 4 is 26.8 Å². The van der Waals surface area contributed by atoms with Crippen LogP contribution in [0.25, 0.3) is 11.0 Å². The minimum absolute atomic E-state index is 0.0984. The molecule has 2 heterocycles. The largest absolute Gasteiger partial charge is 0.416 e. The van der Waals surface area contributed by atoms with E-state index in [4.69, 9.17) is 0 Å². The van der Waals surface area contributed by atoms with Gasteiger partial charge in [-0.1, -0.05) is 30.3 Å². The van der Waals surface area contributed by atoms with Crippen LogP contribution < -0.4 is 10.9 Å². The van der Waals surface area contributed by atoms with E-state index in [1.54, 1.807) is 18.2 Å². The maximum Gasteiger partial charge on any atom is 0.416 e. The second kappa shape index (κ2) is 10.5. The SMILES string of the molecule is O=C(CCS(=O)(=O)c1ccccc1)NCCn1ncc2c(=O)n(Cc3cccc(C(F)(F)F)c3)cnc21. The molecule has 1 amide bonds. The van der Waals surface area contributed by atoms with E-state index < -0.39 is 33.0 Å². The van der Waals surface area contributed by atoms with Gasteiger partial charge in [-0.3, -0.25) is 14.2 Å². The maximum atomic E-state index is 13.0. The average molecular weight is 534 g/mol. The van der Waals surface area contributed by atoms with Crippen molar-refractivity contribution in [3.05, 3.63) is 88.6 Å². The number of halogens is 3. The van der Waals surface area contributed by atoms with Gasteiger partial charge in [-0.2, -0.15) is 18.3 Å². The van der Waals surface area contributed by atoms with Gasteiger partial charge < -0.3 is 5.32 Å². The third kappa shape index (κ3) is 6.23. The van der Waals surface area contributed by atoms with Crippen molar-refractivity contribution in [1.82, 2.24) is 24.6 Å². The molecule has 37 heavy (non-hydrogen) atoms. The van der Waals surface area contributed by atoms with Gasteiger partial charge in [0.05, 0.1) is 35.5 Å². The zero-order valence-corrected chi connectivity index (χ0v) is 20.2. The molecule has 0 saturated carbocycles. The summed E-state index contributed by atoms with van der Waals surface area (Å²) in [5.74, 6) is -0.784. The molecule has 9 nitrogen and oxygen atoms in total. The molecule has 0 radical (unpaired) electrons. The molecule has 4 rings (SSSR count). The second-order valence-electron chi connectivity index (χ2n) is 8.21. The fourth-order valence-corrected chi connectivity index (χ4v) is 4.94. The molecule has 2 aromatic heterocycles. The maximum absolute atomic E-state index is 13.0. The highest BCUT2D eigenvalue weighted by atomic mass is 32.2. The number of nitrogens with zero attached hydrogens (tertiary/aromatic N) is 4. The van der Waals surface area contributed by atoms with Gasteiger partial charge in [0.1, 0.15) is 11.7 Å². The molecule has 4 aromatic rings. The predicted octanol–water partition coefficient (Wildman–Crippen LogP) is 2.64. The lowest BCUT2D eigenvalue weighted by Crippen LogP contribution is -2.29. The highest BCUT2D eigenvalue weighted by molar-refractivity contribution is 7.91. The molecule has 194 valence electrons. The van der Waals surface area contributed by atoms with E-state index in [1.807, 2.05) is 0 Å². The summed E-state index contributed by atoms with van der Waals surface area (Å²) in [4.78, 5) is 29.3. The summed E-state index contributed by atoms with van der Waals surface area (Å²) in [5, 5.41) is 6.91. The average Bonchev–Trinajstić information content (AvgIpc) is 3.28. The number of hydrogen-bond acceptors (Lipinski definition) is 6. The molecule has 0 bridgehead atoms. The normalized spacial score (nSPS) is 12.1. The summed E-state index contributed by atoms with van der Waals surface area (Å²) in [7, 11) is -3.57. The van der Waals surface area contributed by atoms with Gasteiger partial charge in [-0.05, 0) is 29.8 Å². The first-order valence-corrected chi connectivity index (χ1v) is 12.8. The zero-order chi connectivity index (χ0) is 26.6. The zero-order valence-electron chi connectivity index (χ0n) is 19.4. The van der Waals surface area contributed by atoms with E-state index in [0.717, 1.165) is 12.1 Å². The van der Waals surface area contributed by atoms with Crippen molar-refractivity contribution in [2.45, 2.75) is 30.6 Å². The van der Waals surface area contributed by atoms with Crippen LogP contribution in [0, 0.1) is 0 Å². The fraction of sp³-hybridized carbons (Fsp3) is 0.250. The Balaban J connectivity index is 1.36. The Bertz CT molecular complexity index is 1580. The quantitative estimate of drug-likeness (QED) is 0.354. The molecule has 0 atom stereocenters. The summed E-state index contributed by atoms with van der Waals surface area (Å²) in [6.07, 6.45) is -2.16. The third-order valence-corrected chi connectivity index (χ3v) is 7.31. The monoisotopic (exact) mass is 533 g/mol. The highest BCUT2D eigenvalue weighted by Crippen LogP contribution is 2.29. The van der Waals surface area contributed by atoms with Gasteiger partial charge in [0, 0.05) is 13.0 Å². The first-order valence-electron chi connectivity index (χ1n) is 11.2. The number of amides is 1. The number of fused-ring (bicyclic) bond motifs is 1. The predicted molar refractivity (Wildman–Crippen MR) is 128 cm³/mol. The minimum Gasteiger partial charge on any atom is -0.354 e. The lowest BCUT2D eigenvalue weighted by Gasteiger charge is -2.10. The van der Waals surface area contributed by atoms with Crippen molar-refractivity contribution in [1.29, 1.82) is 0 Å². The van der Waals surface area contributed by atoms with Crippen molar-refractivity contribution in [3.8, 4) is 0 Å². The first-order chi connectivity index (χ1) is 17.5. The molecule has 13 heteroatoms. The number of hydrogen-bond donors (Lipinski definition) is 1. The van der Waals surface area contributed by atoms with E-state index in [-0.39, 0.29) is 47.7 Å². The molecule has 2 aromatic carbocycles. The Labute approximate surface area is 209 Å². The van der Waals surface area contributed by atoms with Gasteiger partial charge in [0.25, 0.3) is 5.56 Å². The standard InChI is InChI=1S/C24H22F3N5O4S/c25-24(26,27)18-6-4-5-17(13-18)15-31-16-29-22-20(23(31)34)14-30-32(22)11-10-28-21(33)9-12-37(35,36)19-7-2-1-3-8-19/h1-8,13-14,16H,9-12,15H2,(H,28,33). The van der Waals surface area contributed by atoms with Crippen molar-refractivity contribution in [2.24, 2.45) is 0 Å². The van der Waals surface area contributed by atoms with Crippen LogP contribution in [-0.2, 0) is 33.9 Å². The number of carbonyl (C=O) groups is 1. The molecule has 0 aliphatic rings. The van der Waals surface area contributed by atoms with E-state index in [2.05, 4.69) is 15.4 Å². The molecule has 0 spiro atoms. The van der Waals surface area contributed by atoms with Crippen molar-refractivity contribution in [2.75, 3.05) is 12.3 Å². The number of sulfone groups is 1. The first kappa shape index (κ1) is 26.1. The van der Waals surface area contributed by atoms with E-state index in [0.29, 0.717) is 5.56 Å². The molecule has 1 N–H and O–H groups in total. The molecule has 0 aliphatic carbocycles. The lowest BCUT2D eigenvalue weighted by atomic mass is 10.1. The van der Waals surface area contributed by atoms with Gasteiger partial charge in [0.15, 0.2) is 15.5 Å². The highest BCUT2D eigenvalue weighted by Gasteiger charge is 2.30. The van der Waals surface area contributed by atoms with E-state index >= 15 is 0 Å². The number of alkyl halides is 3. The summed E-state index contributed by atoms with van der Waals surface area (Å²) >= 11 is 0. The molecule has 0 aliphatic heterocycles. The van der Waals surface area contributed by atoms with Crippen LogP contribution in [0.4, 0.5) is 13.2 Å². The lowest BCUT2D eigenvalue weighted by molar-refractivity contribution is -0.137. The van der Waals surface area contributed by atoms with Gasteiger partial charge in [-0.25, -0.2) is 18.1 Å². The summed E-state index contributed by atoms with van der Waals surface area (Å²) in [5.41, 5.74) is -0.725.